The summed E-state index contributed by atoms with van der Waals surface area (Å²) in [6.45, 7) is 0.318. The van der Waals surface area contributed by atoms with Crippen molar-refractivity contribution in [3.05, 3.63) is 52.3 Å². The molecule has 1 heterocycles. The van der Waals surface area contributed by atoms with Crippen LogP contribution in [0.2, 0.25) is 5.02 Å². The van der Waals surface area contributed by atoms with E-state index in [2.05, 4.69) is 0 Å². The maximum absolute atomic E-state index is 14.2. The fourth-order valence-corrected chi connectivity index (χ4v) is 4.67. The number of phenolic OH excluding ortho intramolecular Hbond substituents is 1. The van der Waals surface area contributed by atoms with Crippen molar-refractivity contribution in [3.8, 4) is 5.75 Å². The first-order valence-corrected chi connectivity index (χ1v) is 10.6. The number of halogens is 2. The summed E-state index contributed by atoms with van der Waals surface area (Å²) in [5, 5.41) is 11.3. The molecule has 1 saturated heterocycles. The van der Waals surface area contributed by atoms with Gasteiger partial charge in [-0.3, -0.25) is 9.11 Å². The molecule has 0 aliphatic carbocycles. The number of benzene rings is 2. The van der Waals surface area contributed by atoms with Gasteiger partial charge in [-0.2, -0.15) is 0 Å². The Bertz CT molecular complexity index is 993. The zero-order valence-corrected chi connectivity index (χ0v) is 17.5. The summed E-state index contributed by atoms with van der Waals surface area (Å²) < 4.78 is 38.2. The van der Waals surface area contributed by atoms with Crippen LogP contribution in [0, 0.1) is 5.82 Å². The van der Waals surface area contributed by atoms with Crippen LogP contribution in [0.5, 0.6) is 5.75 Å². The fraction of sp³-hybridized carbons (Fsp3) is 0.316. The van der Waals surface area contributed by atoms with Crippen molar-refractivity contribution >= 4 is 40.3 Å². The van der Waals surface area contributed by atoms with Gasteiger partial charge in [0.05, 0.1) is 11.4 Å². The van der Waals surface area contributed by atoms with Crippen LogP contribution in [-0.2, 0) is 17.8 Å². The minimum atomic E-state index is -2.40. The maximum atomic E-state index is 14.2. The highest BCUT2D eigenvalue weighted by Gasteiger charge is 2.30. The van der Waals surface area contributed by atoms with Gasteiger partial charge >= 0.3 is 6.03 Å². The Morgan fingerprint density at radius 3 is 2.73 bits per heavy atom. The second kappa shape index (κ2) is 9.27. The van der Waals surface area contributed by atoms with Crippen LogP contribution in [0.15, 0.2) is 30.3 Å². The lowest BCUT2D eigenvalue weighted by Gasteiger charge is -2.35. The Morgan fingerprint density at radius 2 is 2.10 bits per heavy atom. The van der Waals surface area contributed by atoms with Crippen LogP contribution < -0.4 is 16.4 Å². The fourth-order valence-electron chi connectivity index (χ4n) is 3.78. The van der Waals surface area contributed by atoms with E-state index in [0.29, 0.717) is 24.9 Å². The number of carbonyl (C=O) groups excluding carboxylic acids is 1. The molecular weight excluding hydrogens is 435 g/mol. The first-order valence-electron chi connectivity index (χ1n) is 9.19. The lowest BCUT2D eigenvalue weighted by Crippen LogP contribution is -2.36. The van der Waals surface area contributed by atoms with E-state index in [1.807, 2.05) is 0 Å². The smallest absolute Gasteiger partial charge is 0.324 e. The molecule has 2 aromatic carbocycles. The molecule has 5 N–H and O–H groups in total. The van der Waals surface area contributed by atoms with Gasteiger partial charge in [0.25, 0.3) is 0 Å². The SMILES string of the molecule is NCc1c(F)cccc1N(C(N)=O)c1ccc(Cl)c(C2CCCN(S(=O)[O-])C2)c1O. The topological polar surface area (TPSA) is 136 Å². The van der Waals surface area contributed by atoms with Gasteiger partial charge < -0.3 is 21.1 Å². The van der Waals surface area contributed by atoms with Crippen molar-refractivity contribution in [2.45, 2.75) is 25.3 Å². The van der Waals surface area contributed by atoms with E-state index in [-0.39, 0.29) is 46.7 Å². The molecule has 2 atom stereocenters. The van der Waals surface area contributed by atoms with Crippen molar-refractivity contribution in [2.24, 2.45) is 11.5 Å². The Hall–Kier alpha value is -2.24. The highest BCUT2D eigenvalue weighted by Crippen LogP contribution is 2.45. The third-order valence-electron chi connectivity index (χ3n) is 5.15. The number of urea groups is 1. The minimum absolute atomic E-state index is 0.00238. The van der Waals surface area contributed by atoms with Crippen LogP contribution in [0.3, 0.4) is 0 Å². The number of hydrogen-bond acceptors (Lipinski definition) is 5. The van der Waals surface area contributed by atoms with Crippen LogP contribution in [0.1, 0.15) is 29.9 Å². The molecule has 11 heteroatoms. The van der Waals surface area contributed by atoms with Gasteiger partial charge in [0.2, 0.25) is 0 Å². The van der Waals surface area contributed by atoms with Crippen LogP contribution in [-0.4, -0.2) is 37.3 Å². The number of nitrogens with zero attached hydrogens (tertiary/aromatic N) is 2. The molecule has 2 unspecified atom stereocenters. The lowest BCUT2D eigenvalue weighted by atomic mass is 9.90. The Kier molecular flexibility index (Phi) is 6.94. The number of anilines is 2. The summed E-state index contributed by atoms with van der Waals surface area (Å²) in [6, 6.07) is 5.99. The van der Waals surface area contributed by atoms with Gasteiger partial charge in [-0.1, -0.05) is 17.7 Å². The summed E-state index contributed by atoms with van der Waals surface area (Å²) >= 11 is 3.93. The summed E-state index contributed by atoms with van der Waals surface area (Å²) in [6.07, 6.45) is 1.18. The largest absolute Gasteiger partial charge is 0.760 e. The van der Waals surface area contributed by atoms with E-state index in [0.717, 1.165) is 4.90 Å². The highest BCUT2D eigenvalue weighted by atomic mass is 35.5. The van der Waals surface area contributed by atoms with Gasteiger partial charge in [-0.05, 0) is 37.1 Å². The zero-order valence-electron chi connectivity index (χ0n) is 15.9. The first kappa shape index (κ1) is 22.4. The maximum Gasteiger partial charge on any atom is 0.324 e. The molecule has 30 heavy (non-hydrogen) atoms. The van der Waals surface area contributed by atoms with Crippen molar-refractivity contribution in [1.82, 2.24) is 4.31 Å². The molecule has 3 rings (SSSR count). The number of nitrogens with two attached hydrogens (primary N) is 2. The highest BCUT2D eigenvalue weighted by molar-refractivity contribution is 7.76. The molecule has 0 aromatic heterocycles. The van der Waals surface area contributed by atoms with E-state index in [9.17, 15) is 23.1 Å². The first-order chi connectivity index (χ1) is 14.3. The summed E-state index contributed by atoms with van der Waals surface area (Å²) in [7, 11) is 0. The van der Waals surface area contributed by atoms with E-state index >= 15 is 0 Å². The van der Waals surface area contributed by atoms with E-state index in [1.54, 1.807) is 0 Å². The molecule has 162 valence electrons. The van der Waals surface area contributed by atoms with Gasteiger partial charge in [-0.25, -0.2) is 13.5 Å². The molecule has 0 saturated carbocycles. The monoisotopic (exact) mass is 455 g/mol. The Labute approximate surface area is 180 Å². The minimum Gasteiger partial charge on any atom is -0.760 e. The number of carbonyl (C=O) groups is 1. The third kappa shape index (κ3) is 4.28. The average Bonchev–Trinajstić information content (AvgIpc) is 2.70. The summed E-state index contributed by atoms with van der Waals surface area (Å²) in [5.74, 6) is -1.33. The number of primary amides is 1. The number of piperidine rings is 1. The zero-order chi connectivity index (χ0) is 22.0. The molecule has 0 radical (unpaired) electrons. The molecule has 8 nitrogen and oxygen atoms in total. The predicted molar refractivity (Wildman–Crippen MR) is 112 cm³/mol. The number of rotatable bonds is 5. The van der Waals surface area contributed by atoms with E-state index < -0.39 is 23.1 Å². The molecule has 1 aliphatic heterocycles. The second-order valence-corrected chi connectivity index (χ2v) is 8.25. The van der Waals surface area contributed by atoms with Crippen molar-refractivity contribution < 1.29 is 23.1 Å². The number of amides is 2. The van der Waals surface area contributed by atoms with Crippen LogP contribution in [0.25, 0.3) is 0 Å². The summed E-state index contributed by atoms with van der Waals surface area (Å²) in [4.78, 5) is 13.3. The predicted octanol–water partition coefficient (Wildman–Crippen LogP) is 2.83. The molecule has 2 amide bonds. The van der Waals surface area contributed by atoms with Gasteiger partial charge in [-0.15, -0.1) is 0 Å². The number of phenols is 1. The summed E-state index contributed by atoms with van der Waals surface area (Å²) in [5.41, 5.74) is 11.7. The molecule has 0 spiro atoms. The lowest BCUT2D eigenvalue weighted by molar-refractivity contribution is 0.255. The van der Waals surface area contributed by atoms with Gasteiger partial charge in [0, 0.05) is 53.0 Å². The molecule has 1 fully saturated rings. The Morgan fingerprint density at radius 1 is 1.37 bits per heavy atom. The van der Waals surface area contributed by atoms with Gasteiger partial charge in [0.15, 0.2) is 0 Å². The molecule has 0 bridgehead atoms. The number of hydrogen-bond donors (Lipinski definition) is 3. The quantitative estimate of drug-likeness (QED) is 0.595. The van der Waals surface area contributed by atoms with Crippen molar-refractivity contribution in [2.75, 3.05) is 18.0 Å². The second-order valence-electron chi connectivity index (χ2n) is 6.89. The normalized spacial score (nSPS) is 18.2. The third-order valence-corrected chi connectivity index (χ3v) is 6.23. The van der Waals surface area contributed by atoms with Crippen molar-refractivity contribution in [1.29, 1.82) is 0 Å². The van der Waals surface area contributed by atoms with Crippen molar-refractivity contribution in [3.63, 3.8) is 0 Å². The molecule has 1 aliphatic rings. The molecular formula is C19H21ClFN4O4S-. The van der Waals surface area contributed by atoms with Gasteiger partial charge in [0.1, 0.15) is 11.6 Å². The Balaban J connectivity index is 2.12. The number of aromatic hydroxyl groups is 1. The standard InChI is InChI=1S/C19H22ClFN4O4S/c20-13-6-7-16(18(26)17(13)11-3-2-8-24(10-11)30(28)29)25(19(23)27)15-5-1-4-14(21)12(15)9-22/h1,4-7,11,26H,2-3,8-10,22H2,(H2,23,27)(H,28,29)/p-1. The van der Waals surface area contributed by atoms with E-state index in [1.165, 1.54) is 34.6 Å². The average molecular weight is 456 g/mol. The van der Waals surface area contributed by atoms with Crippen LogP contribution >= 0.6 is 11.6 Å². The molecule has 2 aromatic rings. The van der Waals surface area contributed by atoms with E-state index in [4.69, 9.17) is 23.1 Å². The van der Waals surface area contributed by atoms with Crippen LogP contribution in [0.4, 0.5) is 20.6 Å².